The summed E-state index contributed by atoms with van der Waals surface area (Å²) in [6.45, 7) is 4.48. The first kappa shape index (κ1) is 14.7. The molecule has 1 amide bonds. The van der Waals surface area contributed by atoms with Gasteiger partial charge >= 0.3 is 0 Å². The van der Waals surface area contributed by atoms with Crippen LogP contribution < -0.4 is 0 Å². The number of carbonyl (C=O) groups is 1. The molecule has 0 saturated heterocycles. The largest absolute Gasteiger partial charge is 0.338 e. The zero-order chi connectivity index (χ0) is 13.7. The average Bonchev–Trinajstić information content (AvgIpc) is 2.34. The van der Waals surface area contributed by atoms with Crippen molar-refractivity contribution in [2.45, 2.75) is 13.8 Å². The molecule has 0 N–H and O–H groups in total. The number of aromatic nitrogens is 1. The van der Waals surface area contributed by atoms with E-state index >= 15 is 0 Å². The van der Waals surface area contributed by atoms with Gasteiger partial charge in [0.2, 0.25) is 0 Å². The molecule has 0 radical (unpaired) electrons. The SMILES string of the molecule is CCN(CC(C)C#N)C(=O)c1ccc(Cl)nc1Cl. The Balaban J connectivity index is 2.94. The quantitative estimate of drug-likeness (QED) is 0.799. The van der Waals surface area contributed by atoms with E-state index in [4.69, 9.17) is 28.5 Å². The Bertz CT molecular complexity index is 485. The lowest BCUT2D eigenvalue weighted by Gasteiger charge is -2.22. The molecule has 0 saturated carbocycles. The minimum absolute atomic E-state index is 0.0792. The van der Waals surface area contributed by atoms with Gasteiger partial charge in [-0.05, 0) is 26.0 Å². The van der Waals surface area contributed by atoms with Gasteiger partial charge in [0.15, 0.2) is 0 Å². The first-order valence-corrected chi connectivity index (χ1v) is 6.26. The molecule has 0 aliphatic heterocycles. The molecule has 4 nitrogen and oxygen atoms in total. The van der Waals surface area contributed by atoms with Crippen LogP contribution in [0, 0.1) is 17.2 Å². The van der Waals surface area contributed by atoms with E-state index in [9.17, 15) is 4.79 Å². The van der Waals surface area contributed by atoms with Crippen molar-refractivity contribution in [3.8, 4) is 6.07 Å². The molecule has 0 bridgehead atoms. The number of hydrogen-bond donors (Lipinski definition) is 0. The van der Waals surface area contributed by atoms with Crippen molar-refractivity contribution in [3.05, 3.63) is 28.0 Å². The second kappa shape index (κ2) is 6.58. The van der Waals surface area contributed by atoms with Crippen molar-refractivity contribution in [1.82, 2.24) is 9.88 Å². The second-order valence-corrected chi connectivity index (χ2v) is 4.59. The number of halogens is 2. The molecule has 18 heavy (non-hydrogen) atoms. The number of amides is 1. The highest BCUT2D eigenvalue weighted by Crippen LogP contribution is 2.18. The summed E-state index contributed by atoms with van der Waals surface area (Å²) in [4.78, 5) is 17.6. The summed E-state index contributed by atoms with van der Waals surface area (Å²) in [6, 6.07) is 5.15. The number of pyridine rings is 1. The number of hydrogen-bond acceptors (Lipinski definition) is 3. The molecule has 1 unspecified atom stereocenters. The fourth-order valence-corrected chi connectivity index (χ4v) is 1.89. The van der Waals surface area contributed by atoms with Crippen molar-refractivity contribution >= 4 is 29.1 Å². The van der Waals surface area contributed by atoms with Crippen molar-refractivity contribution in [2.75, 3.05) is 13.1 Å². The first-order valence-electron chi connectivity index (χ1n) is 5.50. The van der Waals surface area contributed by atoms with E-state index in [0.717, 1.165) is 0 Å². The first-order chi connectivity index (χ1) is 8.49. The van der Waals surface area contributed by atoms with Crippen LogP contribution >= 0.6 is 23.2 Å². The Morgan fingerprint density at radius 1 is 1.56 bits per heavy atom. The fourth-order valence-electron chi connectivity index (χ4n) is 1.47. The molecule has 0 aliphatic rings. The maximum absolute atomic E-state index is 12.2. The Labute approximate surface area is 116 Å². The summed E-state index contributed by atoms with van der Waals surface area (Å²) < 4.78 is 0. The molecule has 1 atom stereocenters. The molecule has 1 aromatic rings. The van der Waals surface area contributed by atoms with E-state index < -0.39 is 0 Å². The number of nitriles is 1. The minimum atomic E-state index is -0.242. The zero-order valence-corrected chi connectivity index (χ0v) is 11.7. The van der Waals surface area contributed by atoms with Crippen LogP contribution in [0.1, 0.15) is 24.2 Å². The lowest BCUT2D eigenvalue weighted by atomic mass is 10.1. The summed E-state index contributed by atoms with van der Waals surface area (Å²) in [6.07, 6.45) is 0. The lowest BCUT2D eigenvalue weighted by Crippen LogP contribution is -2.34. The molecule has 0 fully saturated rings. The minimum Gasteiger partial charge on any atom is -0.338 e. The van der Waals surface area contributed by atoms with Crippen LogP contribution in [0.15, 0.2) is 12.1 Å². The van der Waals surface area contributed by atoms with Crippen molar-refractivity contribution < 1.29 is 4.79 Å². The summed E-state index contributed by atoms with van der Waals surface area (Å²) >= 11 is 11.6. The Morgan fingerprint density at radius 2 is 2.22 bits per heavy atom. The molecular weight excluding hydrogens is 273 g/mol. The van der Waals surface area contributed by atoms with Crippen molar-refractivity contribution in [1.29, 1.82) is 5.26 Å². The van der Waals surface area contributed by atoms with Gasteiger partial charge in [0.25, 0.3) is 5.91 Å². The van der Waals surface area contributed by atoms with Crippen LogP contribution in [-0.4, -0.2) is 28.9 Å². The summed E-state index contributed by atoms with van der Waals surface area (Å²) in [5.41, 5.74) is 0.299. The van der Waals surface area contributed by atoms with Gasteiger partial charge in [-0.25, -0.2) is 4.98 Å². The Hall–Kier alpha value is -1.31. The molecule has 0 spiro atoms. The topological polar surface area (TPSA) is 57.0 Å². The summed E-state index contributed by atoms with van der Waals surface area (Å²) in [5.74, 6) is -0.471. The molecule has 0 aliphatic carbocycles. The molecule has 96 valence electrons. The van der Waals surface area contributed by atoms with Gasteiger partial charge in [-0.15, -0.1) is 0 Å². The van der Waals surface area contributed by atoms with Crippen LogP contribution in [0.4, 0.5) is 0 Å². The number of rotatable bonds is 4. The average molecular weight is 286 g/mol. The molecule has 1 heterocycles. The van der Waals surface area contributed by atoms with Gasteiger partial charge in [0, 0.05) is 13.1 Å². The van der Waals surface area contributed by atoms with Gasteiger partial charge in [0.1, 0.15) is 10.3 Å². The van der Waals surface area contributed by atoms with E-state index in [1.807, 2.05) is 6.92 Å². The number of carbonyl (C=O) groups excluding carboxylic acids is 1. The normalized spacial score (nSPS) is 11.7. The highest BCUT2D eigenvalue weighted by atomic mass is 35.5. The van der Waals surface area contributed by atoms with E-state index in [-0.39, 0.29) is 22.1 Å². The predicted octanol–water partition coefficient (Wildman–Crippen LogP) is 3.01. The molecular formula is C12H13Cl2N3O. The second-order valence-electron chi connectivity index (χ2n) is 3.85. The Morgan fingerprint density at radius 3 is 2.72 bits per heavy atom. The van der Waals surface area contributed by atoms with E-state index in [1.54, 1.807) is 17.9 Å². The third-order valence-corrected chi connectivity index (χ3v) is 2.93. The van der Waals surface area contributed by atoms with Gasteiger partial charge in [-0.3, -0.25) is 4.79 Å². The van der Waals surface area contributed by atoms with E-state index in [0.29, 0.717) is 18.7 Å². The van der Waals surface area contributed by atoms with Crippen molar-refractivity contribution in [3.63, 3.8) is 0 Å². The monoisotopic (exact) mass is 285 g/mol. The molecule has 1 rings (SSSR count). The van der Waals surface area contributed by atoms with E-state index in [2.05, 4.69) is 11.1 Å². The molecule has 0 aromatic carbocycles. The molecule has 6 heteroatoms. The standard InChI is InChI=1S/C12H13Cl2N3O/c1-3-17(7-8(2)6-15)12(18)9-4-5-10(13)16-11(9)14/h4-5,8H,3,7H2,1-2H3. The smallest absolute Gasteiger partial charge is 0.257 e. The van der Waals surface area contributed by atoms with Crippen LogP contribution in [-0.2, 0) is 0 Å². The molecule has 1 aromatic heterocycles. The summed E-state index contributed by atoms with van der Waals surface area (Å²) in [7, 11) is 0. The predicted molar refractivity (Wildman–Crippen MR) is 70.6 cm³/mol. The van der Waals surface area contributed by atoms with Gasteiger partial charge in [0.05, 0.1) is 17.6 Å². The number of nitrogens with zero attached hydrogens (tertiary/aromatic N) is 3. The highest BCUT2D eigenvalue weighted by Gasteiger charge is 2.19. The summed E-state index contributed by atoms with van der Waals surface area (Å²) in [5, 5.41) is 9.10. The Kier molecular flexibility index (Phi) is 5.39. The van der Waals surface area contributed by atoms with Crippen molar-refractivity contribution in [2.24, 2.45) is 5.92 Å². The van der Waals surface area contributed by atoms with E-state index in [1.165, 1.54) is 6.07 Å². The third-order valence-electron chi connectivity index (χ3n) is 2.43. The zero-order valence-electron chi connectivity index (χ0n) is 10.2. The van der Waals surface area contributed by atoms with Crippen LogP contribution in [0.2, 0.25) is 10.3 Å². The van der Waals surface area contributed by atoms with Crippen LogP contribution in [0.5, 0.6) is 0 Å². The lowest BCUT2D eigenvalue weighted by molar-refractivity contribution is 0.0752. The maximum Gasteiger partial charge on any atom is 0.257 e. The van der Waals surface area contributed by atoms with Crippen LogP contribution in [0.25, 0.3) is 0 Å². The fraction of sp³-hybridized carbons (Fsp3) is 0.417. The maximum atomic E-state index is 12.2. The van der Waals surface area contributed by atoms with Gasteiger partial charge < -0.3 is 4.90 Å². The highest BCUT2D eigenvalue weighted by molar-refractivity contribution is 6.34. The van der Waals surface area contributed by atoms with Gasteiger partial charge in [-0.2, -0.15) is 5.26 Å². The third kappa shape index (κ3) is 3.59. The van der Waals surface area contributed by atoms with Crippen LogP contribution in [0.3, 0.4) is 0 Å². The van der Waals surface area contributed by atoms with Gasteiger partial charge in [-0.1, -0.05) is 23.2 Å².